The molecule has 162 valence electrons. The van der Waals surface area contributed by atoms with E-state index in [-0.39, 0.29) is 33.9 Å². The molecule has 8 nitrogen and oxygen atoms in total. The number of nitrogens with two attached hydrogens (primary N) is 1. The van der Waals surface area contributed by atoms with Crippen LogP contribution in [0, 0.1) is 17.6 Å². The number of amides is 3. The first-order chi connectivity index (χ1) is 14.2. The molecular weight excluding hydrogens is 420 g/mol. The summed E-state index contributed by atoms with van der Waals surface area (Å²) in [7, 11) is 1.45. The molecule has 1 aliphatic rings. The molecule has 3 amide bonds. The van der Waals surface area contributed by atoms with E-state index >= 15 is 0 Å². The van der Waals surface area contributed by atoms with Crippen molar-refractivity contribution in [3.05, 3.63) is 46.5 Å². The molecule has 1 aromatic carbocycles. The first-order valence-electron chi connectivity index (χ1n) is 9.25. The molecule has 0 saturated heterocycles. The van der Waals surface area contributed by atoms with Crippen molar-refractivity contribution in [3.8, 4) is 0 Å². The zero-order chi connectivity index (χ0) is 22.3. The van der Waals surface area contributed by atoms with Crippen molar-refractivity contribution in [2.24, 2.45) is 11.7 Å². The van der Waals surface area contributed by atoms with Gasteiger partial charge in [0.1, 0.15) is 5.69 Å². The van der Waals surface area contributed by atoms with Gasteiger partial charge in [0, 0.05) is 19.0 Å². The highest BCUT2D eigenvalue weighted by Crippen LogP contribution is 2.28. The molecule has 0 unspecified atom stereocenters. The van der Waals surface area contributed by atoms with Crippen LogP contribution < -0.4 is 16.4 Å². The average Bonchev–Trinajstić information content (AvgIpc) is 3.23. The number of nitrogens with zero attached hydrogens (tertiary/aromatic N) is 1. The Morgan fingerprint density at radius 2 is 1.80 bits per heavy atom. The summed E-state index contributed by atoms with van der Waals surface area (Å²) in [6, 6.07) is 1.78. The summed E-state index contributed by atoms with van der Waals surface area (Å²) in [4.78, 5) is 39.7. The van der Waals surface area contributed by atoms with Crippen molar-refractivity contribution < 1.29 is 23.2 Å². The maximum absolute atomic E-state index is 13.1. The number of anilines is 1. The van der Waals surface area contributed by atoms with Crippen LogP contribution in [0.2, 0.25) is 5.02 Å². The van der Waals surface area contributed by atoms with Gasteiger partial charge in [0.15, 0.2) is 17.3 Å². The van der Waals surface area contributed by atoms with Gasteiger partial charge in [0.2, 0.25) is 5.91 Å². The van der Waals surface area contributed by atoms with E-state index in [0.717, 1.165) is 44.2 Å². The molecule has 0 aliphatic heterocycles. The Morgan fingerprint density at radius 3 is 2.40 bits per heavy atom. The van der Waals surface area contributed by atoms with Gasteiger partial charge in [0.05, 0.1) is 17.0 Å². The van der Waals surface area contributed by atoms with Crippen molar-refractivity contribution >= 4 is 35.0 Å². The minimum Gasteiger partial charge on any atom is -0.364 e. The summed E-state index contributed by atoms with van der Waals surface area (Å²) in [5.41, 5.74) is 5.12. The second-order valence-corrected chi connectivity index (χ2v) is 7.05. The second kappa shape index (κ2) is 10.7. The number of primary amides is 1. The van der Waals surface area contributed by atoms with Gasteiger partial charge < -0.3 is 21.4 Å². The number of rotatable bonds is 4. The number of imidazole rings is 1. The smallest absolute Gasteiger partial charge is 0.269 e. The van der Waals surface area contributed by atoms with Crippen LogP contribution in [0.4, 0.5) is 14.5 Å². The zero-order valence-electron chi connectivity index (χ0n) is 16.2. The van der Waals surface area contributed by atoms with Gasteiger partial charge in [-0.05, 0) is 18.9 Å². The van der Waals surface area contributed by atoms with E-state index in [1.54, 1.807) is 0 Å². The van der Waals surface area contributed by atoms with Crippen LogP contribution in [-0.2, 0) is 4.79 Å². The predicted octanol–water partition coefficient (Wildman–Crippen LogP) is 3.01. The second-order valence-electron chi connectivity index (χ2n) is 6.64. The number of H-pyrrole nitrogens is 1. The maximum atomic E-state index is 13.1. The molecule has 0 radical (unpaired) electrons. The molecule has 1 aliphatic carbocycles. The highest BCUT2D eigenvalue weighted by atomic mass is 35.5. The molecule has 1 saturated carbocycles. The lowest BCUT2D eigenvalue weighted by Gasteiger charge is -2.21. The Hall–Kier alpha value is -3.01. The van der Waals surface area contributed by atoms with Crippen molar-refractivity contribution in [1.29, 1.82) is 0 Å². The molecule has 3 rings (SSSR count). The number of aromatic amines is 1. The van der Waals surface area contributed by atoms with E-state index < -0.39 is 23.4 Å². The van der Waals surface area contributed by atoms with Gasteiger partial charge >= 0.3 is 0 Å². The third-order valence-corrected chi connectivity index (χ3v) is 4.88. The lowest BCUT2D eigenvalue weighted by molar-refractivity contribution is -0.120. The van der Waals surface area contributed by atoms with Crippen molar-refractivity contribution in [3.63, 3.8) is 0 Å². The van der Waals surface area contributed by atoms with E-state index in [4.69, 9.17) is 17.3 Å². The SMILES string of the molecule is CNC(=O)c1[nH]cnc1C(N)=O.O=C(Nc1cc(F)c(F)cc1Cl)C1CCCCC1. The summed E-state index contributed by atoms with van der Waals surface area (Å²) in [6.07, 6.45) is 6.13. The number of halogens is 3. The monoisotopic (exact) mass is 441 g/mol. The van der Waals surface area contributed by atoms with Gasteiger partial charge in [-0.15, -0.1) is 0 Å². The van der Waals surface area contributed by atoms with Crippen LogP contribution in [0.3, 0.4) is 0 Å². The molecule has 1 aromatic heterocycles. The molecule has 5 N–H and O–H groups in total. The van der Waals surface area contributed by atoms with E-state index in [2.05, 4.69) is 20.6 Å². The standard InChI is InChI=1S/C13H14ClF2NO.C6H8N4O2/c14-9-6-10(15)11(16)7-12(9)17-13(18)8-4-2-1-3-5-8;1-8-6(12)4-3(5(7)11)9-2-10-4/h6-8H,1-5H2,(H,17,18);2H,1H3,(H2,7,11)(H,8,12)(H,9,10). The summed E-state index contributed by atoms with van der Waals surface area (Å²) >= 11 is 5.76. The molecule has 0 atom stereocenters. The minimum atomic E-state index is -1.02. The Labute approximate surface area is 176 Å². The molecule has 11 heteroatoms. The molecule has 1 heterocycles. The lowest BCUT2D eigenvalue weighted by atomic mass is 9.88. The van der Waals surface area contributed by atoms with Crippen LogP contribution in [-0.4, -0.2) is 34.7 Å². The third-order valence-electron chi connectivity index (χ3n) is 4.57. The summed E-state index contributed by atoms with van der Waals surface area (Å²) < 4.78 is 25.9. The average molecular weight is 442 g/mol. The topological polar surface area (TPSA) is 130 Å². The van der Waals surface area contributed by atoms with Gasteiger partial charge in [-0.2, -0.15) is 0 Å². The summed E-state index contributed by atoms with van der Waals surface area (Å²) in [5.74, 6) is -3.39. The minimum absolute atomic E-state index is 0.0121. The first-order valence-corrected chi connectivity index (χ1v) is 9.63. The number of carbonyl (C=O) groups excluding carboxylic acids is 3. The number of carbonyl (C=O) groups is 3. The molecule has 1 fully saturated rings. The van der Waals surface area contributed by atoms with Crippen LogP contribution in [0.5, 0.6) is 0 Å². The van der Waals surface area contributed by atoms with Crippen LogP contribution in [0.15, 0.2) is 18.5 Å². The van der Waals surface area contributed by atoms with Gasteiger partial charge in [-0.3, -0.25) is 14.4 Å². The highest BCUT2D eigenvalue weighted by Gasteiger charge is 2.22. The molecule has 30 heavy (non-hydrogen) atoms. The molecule has 0 spiro atoms. The zero-order valence-corrected chi connectivity index (χ0v) is 17.0. The first kappa shape index (κ1) is 23.3. The van der Waals surface area contributed by atoms with E-state index in [0.29, 0.717) is 0 Å². The fraction of sp³-hybridized carbons (Fsp3) is 0.368. The summed E-state index contributed by atoms with van der Waals surface area (Å²) in [6.45, 7) is 0. The van der Waals surface area contributed by atoms with Crippen molar-refractivity contribution in [2.75, 3.05) is 12.4 Å². The van der Waals surface area contributed by atoms with E-state index in [9.17, 15) is 23.2 Å². The van der Waals surface area contributed by atoms with Crippen molar-refractivity contribution in [2.45, 2.75) is 32.1 Å². The molecular formula is C19H22ClF2N5O3. The number of aromatic nitrogens is 2. The van der Waals surface area contributed by atoms with E-state index in [1.807, 2.05) is 0 Å². The largest absolute Gasteiger partial charge is 0.364 e. The Morgan fingerprint density at radius 1 is 1.17 bits per heavy atom. The van der Waals surface area contributed by atoms with Crippen molar-refractivity contribution in [1.82, 2.24) is 15.3 Å². The number of hydrogen-bond acceptors (Lipinski definition) is 4. The normalized spacial score (nSPS) is 13.7. The van der Waals surface area contributed by atoms with Gasteiger partial charge in [0.25, 0.3) is 11.8 Å². The molecule has 2 aromatic rings. The quantitative estimate of drug-likeness (QED) is 0.543. The number of nitrogens with one attached hydrogen (secondary N) is 3. The fourth-order valence-electron chi connectivity index (χ4n) is 3.00. The highest BCUT2D eigenvalue weighted by molar-refractivity contribution is 6.33. The van der Waals surface area contributed by atoms with Crippen LogP contribution in [0.25, 0.3) is 0 Å². The third kappa shape index (κ3) is 5.99. The maximum Gasteiger partial charge on any atom is 0.269 e. The lowest BCUT2D eigenvalue weighted by Crippen LogP contribution is -2.24. The van der Waals surface area contributed by atoms with Crippen LogP contribution in [0.1, 0.15) is 53.1 Å². The predicted molar refractivity (Wildman–Crippen MR) is 107 cm³/mol. The Balaban J connectivity index is 0.000000232. The van der Waals surface area contributed by atoms with Gasteiger partial charge in [-0.1, -0.05) is 30.9 Å². The van der Waals surface area contributed by atoms with E-state index in [1.165, 1.54) is 13.4 Å². The number of hydrogen-bond donors (Lipinski definition) is 4. The summed E-state index contributed by atoms with van der Waals surface area (Å²) in [5, 5.41) is 4.93. The fourth-order valence-corrected chi connectivity index (χ4v) is 3.19. The van der Waals surface area contributed by atoms with Crippen LogP contribution >= 0.6 is 11.6 Å². The number of benzene rings is 1. The Bertz CT molecular complexity index is 929. The molecule has 0 bridgehead atoms. The van der Waals surface area contributed by atoms with Gasteiger partial charge in [-0.25, -0.2) is 13.8 Å². The Kier molecular flexibility index (Phi) is 8.28.